The van der Waals surface area contributed by atoms with E-state index in [0.717, 1.165) is 18.7 Å². The maximum absolute atomic E-state index is 11.2. The molecule has 4 nitrogen and oxygen atoms in total. The van der Waals surface area contributed by atoms with Crippen LogP contribution in [0.4, 0.5) is 0 Å². The second kappa shape index (κ2) is 3.84. The van der Waals surface area contributed by atoms with Crippen molar-refractivity contribution in [1.29, 1.82) is 0 Å². The maximum atomic E-state index is 11.2. The Kier molecular flexibility index (Phi) is 2.54. The second-order valence-electron chi connectivity index (χ2n) is 3.38. The third-order valence-corrected chi connectivity index (χ3v) is 2.54. The van der Waals surface area contributed by atoms with Crippen LogP contribution < -0.4 is 0 Å². The highest BCUT2D eigenvalue weighted by Gasteiger charge is 2.35. The smallest absolute Gasteiger partial charge is 0.323 e. The number of rotatable bonds is 3. The molecule has 1 aromatic rings. The normalized spacial score (nSPS) is 21.6. The number of methoxy groups -OCH3 is 1. The van der Waals surface area contributed by atoms with Crippen LogP contribution in [0.1, 0.15) is 12.2 Å². The summed E-state index contributed by atoms with van der Waals surface area (Å²) in [4.78, 5) is 13.3. The van der Waals surface area contributed by atoms with Crippen LogP contribution in [0.5, 0.6) is 0 Å². The molecule has 1 fully saturated rings. The standard InChI is InChI=1S/C10H13NO3/c1-13-10(12)9-4-5-11(9)7-8-3-2-6-14-8/h2-3,6,9H,4-5,7H2,1H3. The molecule has 0 saturated carbocycles. The molecule has 76 valence electrons. The molecule has 4 heteroatoms. The lowest BCUT2D eigenvalue weighted by Gasteiger charge is -2.37. The number of carbonyl (C=O) groups is 1. The van der Waals surface area contributed by atoms with Gasteiger partial charge in [0, 0.05) is 6.54 Å². The highest BCUT2D eigenvalue weighted by molar-refractivity contribution is 5.76. The Morgan fingerprint density at radius 2 is 2.64 bits per heavy atom. The molecular formula is C10H13NO3. The van der Waals surface area contributed by atoms with E-state index in [9.17, 15) is 4.79 Å². The van der Waals surface area contributed by atoms with Crippen molar-refractivity contribution in [3.63, 3.8) is 0 Å². The zero-order chi connectivity index (χ0) is 9.97. The van der Waals surface area contributed by atoms with Crippen molar-refractivity contribution in [2.24, 2.45) is 0 Å². The van der Waals surface area contributed by atoms with E-state index in [1.54, 1.807) is 6.26 Å². The number of nitrogens with zero attached hydrogens (tertiary/aromatic N) is 1. The molecule has 2 heterocycles. The lowest BCUT2D eigenvalue weighted by molar-refractivity contribution is -0.152. The van der Waals surface area contributed by atoms with Crippen LogP contribution in [0.2, 0.25) is 0 Å². The van der Waals surface area contributed by atoms with Crippen LogP contribution in [-0.2, 0) is 16.1 Å². The van der Waals surface area contributed by atoms with E-state index in [0.29, 0.717) is 6.54 Å². The van der Waals surface area contributed by atoms with Crippen LogP contribution >= 0.6 is 0 Å². The minimum absolute atomic E-state index is 0.0786. The second-order valence-corrected chi connectivity index (χ2v) is 3.38. The van der Waals surface area contributed by atoms with E-state index in [1.807, 2.05) is 17.0 Å². The average molecular weight is 195 g/mol. The molecule has 1 aliphatic heterocycles. The fourth-order valence-corrected chi connectivity index (χ4v) is 1.64. The molecule has 1 aliphatic rings. The van der Waals surface area contributed by atoms with E-state index < -0.39 is 0 Å². The van der Waals surface area contributed by atoms with Gasteiger partial charge in [-0.1, -0.05) is 0 Å². The van der Waals surface area contributed by atoms with Crippen molar-refractivity contribution in [3.05, 3.63) is 24.2 Å². The SMILES string of the molecule is COC(=O)C1CCN1Cc1ccco1. The van der Waals surface area contributed by atoms with Crippen LogP contribution in [0.3, 0.4) is 0 Å². The number of esters is 1. The molecule has 0 N–H and O–H groups in total. The Labute approximate surface area is 82.4 Å². The van der Waals surface area contributed by atoms with Gasteiger partial charge in [0.25, 0.3) is 0 Å². The molecule has 0 aromatic carbocycles. The lowest BCUT2D eigenvalue weighted by atomic mass is 10.0. The topological polar surface area (TPSA) is 42.7 Å². The van der Waals surface area contributed by atoms with Gasteiger partial charge in [-0.05, 0) is 18.6 Å². The van der Waals surface area contributed by atoms with E-state index >= 15 is 0 Å². The fourth-order valence-electron chi connectivity index (χ4n) is 1.64. The Morgan fingerprint density at radius 1 is 1.79 bits per heavy atom. The molecule has 0 radical (unpaired) electrons. The van der Waals surface area contributed by atoms with E-state index in [2.05, 4.69) is 0 Å². The maximum Gasteiger partial charge on any atom is 0.323 e. The number of ether oxygens (including phenoxy) is 1. The first-order chi connectivity index (χ1) is 6.81. The molecule has 1 aromatic heterocycles. The molecule has 1 atom stereocenters. The van der Waals surface area contributed by atoms with Gasteiger partial charge in [-0.15, -0.1) is 0 Å². The summed E-state index contributed by atoms with van der Waals surface area (Å²) in [6.07, 6.45) is 2.52. The molecule has 0 amide bonds. The van der Waals surface area contributed by atoms with E-state index in [4.69, 9.17) is 9.15 Å². The molecule has 0 bridgehead atoms. The van der Waals surface area contributed by atoms with Crippen LogP contribution in [0, 0.1) is 0 Å². The van der Waals surface area contributed by atoms with Crippen LogP contribution in [-0.4, -0.2) is 30.6 Å². The van der Waals surface area contributed by atoms with Crippen molar-refractivity contribution < 1.29 is 13.9 Å². The predicted octanol–water partition coefficient (Wildman–Crippen LogP) is 1.03. The molecule has 14 heavy (non-hydrogen) atoms. The minimum atomic E-state index is -0.150. The van der Waals surface area contributed by atoms with Gasteiger partial charge in [0.05, 0.1) is 19.9 Å². The monoisotopic (exact) mass is 195 g/mol. The number of hydrogen-bond acceptors (Lipinski definition) is 4. The number of hydrogen-bond donors (Lipinski definition) is 0. The van der Waals surface area contributed by atoms with Crippen molar-refractivity contribution in [1.82, 2.24) is 4.90 Å². The molecular weight excluding hydrogens is 182 g/mol. The lowest BCUT2D eigenvalue weighted by Crippen LogP contribution is -2.51. The van der Waals surface area contributed by atoms with Gasteiger partial charge >= 0.3 is 5.97 Å². The summed E-state index contributed by atoms with van der Waals surface area (Å²) in [5.41, 5.74) is 0. The predicted molar refractivity (Wildman–Crippen MR) is 49.5 cm³/mol. The summed E-state index contributed by atoms with van der Waals surface area (Å²) >= 11 is 0. The Bertz CT molecular complexity index is 307. The first kappa shape index (κ1) is 9.27. The highest BCUT2D eigenvalue weighted by Crippen LogP contribution is 2.21. The number of carbonyl (C=O) groups excluding carboxylic acids is 1. The highest BCUT2D eigenvalue weighted by atomic mass is 16.5. The molecule has 2 rings (SSSR count). The van der Waals surface area contributed by atoms with Gasteiger partial charge < -0.3 is 9.15 Å². The summed E-state index contributed by atoms with van der Waals surface area (Å²) < 4.78 is 9.90. The van der Waals surface area contributed by atoms with Crippen molar-refractivity contribution >= 4 is 5.97 Å². The largest absolute Gasteiger partial charge is 0.468 e. The van der Waals surface area contributed by atoms with Crippen molar-refractivity contribution in [2.75, 3.05) is 13.7 Å². The van der Waals surface area contributed by atoms with Gasteiger partial charge in [-0.25, -0.2) is 0 Å². The Balaban J connectivity index is 1.91. The molecule has 0 aliphatic carbocycles. The minimum Gasteiger partial charge on any atom is -0.468 e. The number of likely N-dealkylation sites (tertiary alicyclic amines) is 1. The summed E-state index contributed by atoms with van der Waals surface area (Å²) in [7, 11) is 1.42. The molecule has 1 unspecified atom stereocenters. The summed E-state index contributed by atoms with van der Waals surface area (Å²) in [5.74, 6) is 0.737. The summed E-state index contributed by atoms with van der Waals surface area (Å²) in [6, 6.07) is 3.68. The summed E-state index contributed by atoms with van der Waals surface area (Å²) in [5, 5.41) is 0. The third kappa shape index (κ3) is 1.65. The first-order valence-corrected chi connectivity index (χ1v) is 4.65. The van der Waals surface area contributed by atoms with E-state index in [-0.39, 0.29) is 12.0 Å². The quantitative estimate of drug-likeness (QED) is 0.675. The molecule has 0 spiro atoms. The average Bonchev–Trinajstić information content (AvgIpc) is 2.64. The molecule has 1 saturated heterocycles. The third-order valence-electron chi connectivity index (χ3n) is 2.54. The van der Waals surface area contributed by atoms with Crippen molar-refractivity contribution in [3.8, 4) is 0 Å². The van der Waals surface area contributed by atoms with Crippen LogP contribution in [0.15, 0.2) is 22.8 Å². The van der Waals surface area contributed by atoms with Gasteiger partial charge in [-0.2, -0.15) is 0 Å². The van der Waals surface area contributed by atoms with Crippen molar-refractivity contribution in [2.45, 2.75) is 19.0 Å². The van der Waals surface area contributed by atoms with E-state index in [1.165, 1.54) is 7.11 Å². The van der Waals surface area contributed by atoms with Gasteiger partial charge in [-0.3, -0.25) is 9.69 Å². The number of furan rings is 1. The van der Waals surface area contributed by atoms with Crippen LogP contribution in [0.25, 0.3) is 0 Å². The zero-order valence-corrected chi connectivity index (χ0v) is 8.10. The first-order valence-electron chi connectivity index (χ1n) is 4.65. The Morgan fingerprint density at radius 3 is 3.14 bits per heavy atom. The fraction of sp³-hybridized carbons (Fsp3) is 0.500. The Hall–Kier alpha value is -1.29. The van der Waals surface area contributed by atoms with Gasteiger partial charge in [0.15, 0.2) is 0 Å². The van der Waals surface area contributed by atoms with Gasteiger partial charge in [0.1, 0.15) is 11.8 Å². The summed E-state index contributed by atoms with van der Waals surface area (Å²) in [6.45, 7) is 1.62. The van der Waals surface area contributed by atoms with Gasteiger partial charge in [0.2, 0.25) is 0 Å². The zero-order valence-electron chi connectivity index (χ0n) is 8.10.